The minimum atomic E-state index is -0.262. The first-order chi connectivity index (χ1) is 17.4. The number of oxazole rings is 1. The van der Waals surface area contributed by atoms with Crippen LogP contribution in [0.1, 0.15) is 36.7 Å². The Balaban J connectivity index is 1.23. The summed E-state index contributed by atoms with van der Waals surface area (Å²) in [7, 11) is 0. The number of nitrogens with zero attached hydrogens (tertiary/aromatic N) is 1. The van der Waals surface area contributed by atoms with Gasteiger partial charge in [0.15, 0.2) is 5.58 Å². The Morgan fingerprint density at radius 1 is 0.944 bits per heavy atom. The number of carbonyl (C=O) groups is 1. The Morgan fingerprint density at radius 2 is 1.72 bits per heavy atom. The minimum Gasteiger partial charge on any atom is -0.457 e. The molecule has 0 saturated heterocycles. The first-order valence-electron chi connectivity index (χ1n) is 11.7. The number of benzene rings is 3. The molecule has 2 heterocycles. The highest BCUT2D eigenvalue weighted by Crippen LogP contribution is 2.29. The SMILES string of the molecule is Cc1ccc(-c2ccc(/C=C/C(=O)Nc3ccc(-c4nc5cc(C(C)C)ccc5o4)cc3)o2)cc1Cl. The predicted molar refractivity (Wildman–Crippen MR) is 145 cm³/mol. The number of hydrogen-bond donors (Lipinski definition) is 1. The molecule has 0 radical (unpaired) electrons. The first kappa shape index (κ1) is 23.6. The summed E-state index contributed by atoms with van der Waals surface area (Å²) in [6.07, 6.45) is 3.07. The van der Waals surface area contributed by atoms with E-state index in [-0.39, 0.29) is 5.91 Å². The zero-order valence-corrected chi connectivity index (χ0v) is 21.0. The van der Waals surface area contributed by atoms with Gasteiger partial charge in [-0.1, -0.05) is 43.6 Å². The van der Waals surface area contributed by atoms with E-state index in [1.54, 1.807) is 6.08 Å². The van der Waals surface area contributed by atoms with Crippen molar-refractivity contribution in [2.75, 3.05) is 5.32 Å². The minimum absolute atomic E-state index is 0.262. The van der Waals surface area contributed by atoms with Crippen LogP contribution in [0.2, 0.25) is 5.02 Å². The van der Waals surface area contributed by atoms with E-state index >= 15 is 0 Å². The molecule has 0 saturated carbocycles. The lowest BCUT2D eigenvalue weighted by molar-refractivity contribution is -0.111. The second-order valence-electron chi connectivity index (χ2n) is 8.97. The molecule has 5 rings (SSSR count). The largest absolute Gasteiger partial charge is 0.457 e. The van der Waals surface area contributed by atoms with Crippen molar-refractivity contribution < 1.29 is 13.6 Å². The van der Waals surface area contributed by atoms with Gasteiger partial charge in [0, 0.05) is 27.9 Å². The molecule has 2 aromatic heterocycles. The Kier molecular flexibility index (Phi) is 6.49. The molecule has 0 atom stereocenters. The normalized spacial score (nSPS) is 11.6. The third-order valence-electron chi connectivity index (χ3n) is 5.96. The topological polar surface area (TPSA) is 68.3 Å². The Morgan fingerprint density at radius 3 is 2.47 bits per heavy atom. The lowest BCUT2D eigenvalue weighted by atomic mass is 10.0. The van der Waals surface area contributed by atoms with E-state index in [4.69, 9.17) is 20.4 Å². The number of halogens is 1. The zero-order valence-electron chi connectivity index (χ0n) is 20.2. The summed E-state index contributed by atoms with van der Waals surface area (Å²) in [5.74, 6) is 1.97. The molecule has 1 amide bonds. The van der Waals surface area contributed by atoms with Crippen LogP contribution in [-0.4, -0.2) is 10.9 Å². The van der Waals surface area contributed by atoms with Crippen LogP contribution in [0.5, 0.6) is 0 Å². The summed E-state index contributed by atoms with van der Waals surface area (Å²) >= 11 is 6.21. The summed E-state index contributed by atoms with van der Waals surface area (Å²) in [6.45, 7) is 6.25. The monoisotopic (exact) mass is 496 g/mol. The number of fused-ring (bicyclic) bond motifs is 1. The van der Waals surface area contributed by atoms with Crippen molar-refractivity contribution in [1.29, 1.82) is 0 Å². The molecule has 0 aliphatic heterocycles. The van der Waals surface area contributed by atoms with Gasteiger partial charge in [-0.3, -0.25) is 4.79 Å². The predicted octanol–water partition coefficient (Wildman–Crippen LogP) is 8.49. The van der Waals surface area contributed by atoms with Gasteiger partial charge in [0.05, 0.1) is 0 Å². The summed E-state index contributed by atoms with van der Waals surface area (Å²) < 4.78 is 11.7. The number of furan rings is 1. The molecule has 6 heteroatoms. The summed E-state index contributed by atoms with van der Waals surface area (Å²) in [6, 6.07) is 22.9. The lowest BCUT2D eigenvalue weighted by Crippen LogP contribution is -2.07. The second-order valence-corrected chi connectivity index (χ2v) is 9.37. The van der Waals surface area contributed by atoms with Crippen LogP contribution in [0.15, 0.2) is 87.7 Å². The molecule has 0 aliphatic rings. The number of aromatic nitrogens is 1. The number of aryl methyl sites for hydroxylation is 1. The number of carbonyl (C=O) groups excluding carboxylic acids is 1. The average molecular weight is 497 g/mol. The Hall–Kier alpha value is -4.09. The zero-order chi connectivity index (χ0) is 25.2. The molecular formula is C30H25ClN2O3. The van der Waals surface area contributed by atoms with Crippen molar-refractivity contribution in [3.8, 4) is 22.8 Å². The number of hydrogen-bond acceptors (Lipinski definition) is 4. The highest BCUT2D eigenvalue weighted by Gasteiger charge is 2.11. The molecule has 3 aromatic carbocycles. The van der Waals surface area contributed by atoms with E-state index in [0.717, 1.165) is 27.8 Å². The molecule has 0 bridgehead atoms. The van der Waals surface area contributed by atoms with Crippen molar-refractivity contribution in [1.82, 2.24) is 4.98 Å². The third kappa shape index (κ3) is 5.11. The molecule has 0 spiro atoms. The maximum Gasteiger partial charge on any atom is 0.248 e. The molecule has 0 unspecified atom stereocenters. The fraction of sp³-hybridized carbons (Fsp3) is 0.133. The van der Waals surface area contributed by atoms with Crippen LogP contribution >= 0.6 is 11.6 Å². The van der Waals surface area contributed by atoms with E-state index in [1.807, 2.05) is 67.6 Å². The molecule has 36 heavy (non-hydrogen) atoms. The summed E-state index contributed by atoms with van der Waals surface area (Å²) in [5, 5.41) is 3.54. The summed E-state index contributed by atoms with van der Waals surface area (Å²) in [5.41, 5.74) is 6.21. The van der Waals surface area contributed by atoms with Gasteiger partial charge in [-0.05, 0) is 84.6 Å². The number of nitrogens with one attached hydrogen (secondary N) is 1. The smallest absolute Gasteiger partial charge is 0.248 e. The van der Waals surface area contributed by atoms with Gasteiger partial charge in [-0.2, -0.15) is 0 Å². The third-order valence-corrected chi connectivity index (χ3v) is 6.37. The average Bonchev–Trinajstić information content (AvgIpc) is 3.52. The van der Waals surface area contributed by atoms with Crippen LogP contribution in [-0.2, 0) is 4.79 Å². The van der Waals surface area contributed by atoms with E-state index < -0.39 is 0 Å². The molecule has 1 N–H and O–H groups in total. The maximum atomic E-state index is 12.4. The number of rotatable bonds is 6. The van der Waals surface area contributed by atoms with Crippen LogP contribution in [0.3, 0.4) is 0 Å². The lowest BCUT2D eigenvalue weighted by Gasteiger charge is -2.03. The molecular weight excluding hydrogens is 472 g/mol. The van der Waals surface area contributed by atoms with Crippen LogP contribution in [0, 0.1) is 6.92 Å². The van der Waals surface area contributed by atoms with Gasteiger partial charge in [-0.15, -0.1) is 0 Å². The highest BCUT2D eigenvalue weighted by molar-refractivity contribution is 6.31. The van der Waals surface area contributed by atoms with Crippen LogP contribution in [0.4, 0.5) is 5.69 Å². The van der Waals surface area contributed by atoms with Crippen LogP contribution < -0.4 is 5.32 Å². The van der Waals surface area contributed by atoms with Crippen LogP contribution in [0.25, 0.3) is 40.0 Å². The second kappa shape index (κ2) is 9.88. The first-order valence-corrected chi connectivity index (χ1v) is 12.1. The maximum absolute atomic E-state index is 12.4. The van der Waals surface area contributed by atoms with Crippen molar-refractivity contribution in [2.24, 2.45) is 0 Å². The fourth-order valence-electron chi connectivity index (χ4n) is 3.81. The van der Waals surface area contributed by atoms with Gasteiger partial charge in [0.1, 0.15) is 17.0 Å². The number of anilines is 1. The highest BCUT2D eigenvalue weighted by atomic mass is 35.5. The quantitative estimate of drug-likeness (QED) is 0.239. The van der Waals surface area contributed by atoms with Crippen molar-refractivity contribution in [3.05, 3.63) is 101 Å². The molecule has 0 fully saturated rings. The standard InChI is InChI=1S/C30H25ClN2O3/c1-18(2)21-8-13-28-26(17-21)33-30(36-28)20-6-9-23(10-7-20)32-29(34)15-12-24-11-14-27(35-24)22-5-4-19(3)25(31)16-22/h4-18H,1-3H3,(H,32,34)/b15-12+. The van der Waals surface area contributed by atoms with E-state index in [9.17, 15) is 4.79 Å². The molecule has 5 aromatic rings. The molecule has 5 nitrogen and oxygen atoms in total. The fourth-order valence-corrected chi connectivity index (χ4v) is 3.99. The van der Waals surface area contributed by atoms with Gasteiger partial charge in [-0.25, -0.2) is 4.98 Å². The van der Waals surface area contributed by atoms with Gasteiger partial charge < -0.3 is 14.2 Å². The molecule has 180 valence electrons. The van der Waals surface area contributed by atoms with Gasteiger partial charge in [0.2, 0.25) is 11.8 Å². The van der Waals surface area contributed by atoms with E-state index in [2.05, 4.69) is 36.3 Å². The van der Waals surface area contributed by atoms with E-state index in [1.165, 1.54) is 11.6 Å². The number of amides is 1. The Bertz CT molecular complexity index is 1580. The van der Waals surface area contributed by atoms with Gasteiger partial charge >= 0.3 is 0 Å². The van der Waals surface area contributed by atoms with Crippen molar-refractivity contribution in [3.63, 3.8) is 0 Å². The summed E-state index contributed by atoms with van der Waals surface area (Å²) in [4.78, 5) is 17.0. The van der Waals surface area contributed by atoms with Crippen molar-refractivity contribution >= 4 is 40.4 Å². The van der Waals surface area contributed by atoms with E-state index in [0.29, 0.717) is 34.0 Å². The Labute approximate surface area is 214 Å². The van der Waals surface area contributed by atoms with Gasteiger partial charge in [0.25, 0.3) is 0 Å². The molecule has 0 aliphatic carbocycles. The van der Waals surface area contributed by atoms with Crippen molar-refractivity contribution in [2.45, 2.75) is 26.7 Å².